The van der Waals surface area contributed by atoms with E-state index in [0.717, 1.165) is 37.5 Å². The quantitative estimate of drug-likeness (QED) is 0.878. The minimum Gasteiger partial charge on any atom is -0.494 e. The number of rotatable bonds is 5. The Labute approximate surface area is 115 Å². The van der Waals surface area contributed by atoms with Gasteiger partial charge in [0, 0.05) is 31.7 Å². The Balaban J connectivity index is 2.24. The monoisotopic (exact) mass is 259 g/mol. The highest BCUT2D eigenvalue weighted by molar-refractivity contribution is 5.36. The van der Waals surface area contributed by atoms with Crippen molar-refractivity contribution < 1.29 is 4.74 Å². The smallest absolute Gasteiger partial charge is 0.124 e. The van der Waals surface area contributed by atoms with Gasteiger partial charge in [-0.1, -0.05) is 18.2 Å². The molecule has 0 bridgehead atoms. The van der Waals surface area contributed by atoms with E-state index in [1.807, 2.05) is 25.1 Å². The van der Waals surface area contributed by atoms with Crippen molar-refractivity contribution in [3.05, 3.63) is 29.8 Å². The average molecular weight is 259 g/mol. The molecule has 1 saturated heterocycles. The summed E-state index contributed by atoms with van der Waals surface area (Å²) in [6, 6.07) is 10.5. The maximum atomic E-state index is 9.12. The number of hydrogen-bond acceptors (Lipinski definition) is 4. The number of ether oxygens (including phenoxy) is 1. The molecule has 0 aromatic heterocycles. The lowest BCUT2D eigenvalue weighted by Gasteiger charge is -2.34. The molecule has 4 nitrogen and oxygen atoms in total. The summed E-state index contributed by atoms with van der Waals surface area (Å²) in [5, 5.41) is 12.5. The van der Waals surface area contributed by atoms with Crippen LogP contribution in [-0.2, 0) is 0 Å². The predicted octanol–water partition coefficient (Wildman–Crippen LogP) is 1.95. The van der Waals surface area contributed by atoms with Gasteiger partial charge >= 0.3 is 0 Å². The van der Waals surface area contributed by atoms with E-state index < -0.39 is 0 Å². The van der Waals surface area contributed by atoms with Crippen LogP contribution in [0.5, 0.6) is 5.75 Å². The Morgan fingerprint density at radius 2 is 2.11 bits per heavy atom. The standard InChI is InChI=1S/C15H21N3O/c1-2-19-15-6-4-3-5-13(15)14(7-8-16)18-11-9-17-10-12-18/h3-6,14,17H,2,7,9-12H2,1H3/t14-/m0/s1. The van der Waals surface area contributed by atoms with Gasteiger partial charge in [0.25, 0.3) is 0 Å². The Kier molecular flexibility index (Phi) is 5.20. The highest BCUT2D eigenvalue weighted by Gasteiger charge is 2.24. The topological polar surface area (TPSA) is 48.3 Å². The normalized spacial score (nSPS) is 17.7. The van der Waals surface area contributed by atoms with E-state index >= 15 is 0 Å². The zero-order chi connectivity index (χ0) is 13.5. The first-order valence-electron chi connectivity index (χ1n) is 6.90. The third-order valence-electron chi connectivity index (χ3n) is 3.45. The van der Waals surface area contributed by atoms with Gasteiger partial charge in [-0.25, -0.2) is 0 Å². The molecule has 0 spiro atoms. The van der Waals surface area contributed by atoms with Crippen LogP contribution < -0.4 is 10.1 Å². The van der Waals surface area contributed by atoms with Crippen molar-refractivity contribution in [2.24, 2.45) is 0 Å². The lowest BCUT2D eigenvalue weighted by atomic mass is 10.0. The van der Waals surface area contributed by atoms with Gasteiger partial charge in [0.2, 0.25) is 0 Å². The van der Waals surface area contributed by atoms with E-state index in [1.54, 1.807) is 0 Å². The van der Waals surface area contributed by atoms with E-state index in [0.29, 0.717) is 13.0 Å². The molecule has 102 valence electrons. The molecule has 1 aromatic carbocycles. The molecule has 1 aliphatic rings. The number of nitrogens with zero attached hydrogens (tertiary/aromatic N) is 2. The SMILES string of the molecule is CCOc1ccccc1[C@H](CC#N)N1CCNCC1. The van der Waals surface area contributed by atoms with Crippen LogP contribution in [0.4, 0.5) is 0 Å². The van der Waals surface area contributed by atoms with Crippen LogP contribution >= 0.6 is 0 Å². The fraction of sp³-hybridized carbons (Fsp3) is 0.533. The Hall–Kier alpha value is -1.57. The van der Waals surface area contributed by atoms with Crippen molar-refractivity contribution in [2.45, 2.75) is 19.4 Å². The lowest BCUT2D eigenvalue weighted by molar-refractivity contribution is 0.171. The molecule has 4 heteroatoms. The summed E-state index contributed by atoms with van der Waals surface area (Å²) in [6.07, 6.45) is 0.504. The lowest BCUT2D eigenvalue weighted by Crippen LogP contribution is -2.45. The van der Waals surface area contributed by atoms with Gasteiger partial charge in [-0.15, -0.1) is 0 Å². The summed E-state index contributed by atoms with van der Waals surface area (Å²) in [4.78, 5) is 2.37. The van der Waals surface area contributed by atoms with E-state index in [9.17, 15) is 0 Å². The zero-order valence-electron chi connectivity index (χ0n) is 11.4. The minimum atomic E-state index is 0.134. The molecule has 0 amide bonds. The molecule has 1 aliphatic heterocycles. The molecule has 1 atom stereocenters. The molecule has 0 aliphatic carbocycles. The summed E-state index contributed by atoms with van der Waals surface area (Å²) < 4.78 is 5.70. The van der Waals surface area contributed by atoms with Crippen molar-refractivity contribution in [1.29, 1.82) is 5.26 Å². The van der Waals surface area contributed by atoms with E-state index in [2.05, 4.69) is 22.4 Å². The molecule has 1 heterocycles. The van der Waals surface area contributed by atoms with Crippen LogP contribution in [0.15, 0.2) is 24.3 Å². The molecular formula is C15H21N3O. The number of para-hydroxylation sites is 1. The number of nitriles is 1. The Morgan fingerprint density at radius 3 is 2.79 bits per heavy atom. The first-order chi connectivity index (χ1) is 9.36. The molecule has 0 radical (unpaired) electrons. The van der Waals surface area contributed by atoms with Crippen LogP contribution in [0.25, 0.3) is 0 Å². The first kappa shape index (κ1) is 13.9. The van der Waals surface area contributed by atoms with Crippen LogP contribution in [0, 0.1) is 11.3 Å². The number of piperazine rings is 1. The van der Waals surface area contributed by atoms with Crippen LogP contribution in [0.1, 0.15) is 24.9 Å². The second-order valence-corrected chi connectivity index (χ2v) is 4.63. The Morgan fingerprint density at radius 1 is 1.37 bits per heavy atom. The van der Waals surface area contributed by atoms with Gasteiger partial charge in [-0.2, -0.15) is 5.26 Å². The predicted molar refractivity (Wildman–Crippen MR) is 75.0 cm³/mol. The van der Waals surface area contributed by atoms with Gasteiger partial charge in [0.05, 0.1) is 25.1 Å². The van der Waals surface area contributed by atoms with Crippen LogP contribution in [0.2, 0.25) is 0 Å². The van der Waals surface area contributed by atoms with Gasteiger partial charge in [0.1, 0.15) is 5.75 Å². The molecule has 1 N–H and O–H groups in total. The fourth-order valence-electron chi connectivity index (χ4n) is 2.56. The fourth-order valence-corrected chi connectivity index (χ4v) is 2.56. The van der Waals surface area contributed by atoms with Crippen molar-refractivity contribution >= 4 is 0 Å². The van der Waals surface area contributed by atoms with E-state index in [-0.39, 0.29) is 6.04 Å². The molecule has 2 rings (SSSR count). The van der Waals surface area contributed by atoms with Gasteiger partial charge in [-0.3, -0.25) is 4.90 Å². The largest absolute Gasteiger partial charge is 0.494 e. The molecular weight excluding hydrogens is 238 g/mol. The molecule has 1 fully saturated rings. The van der Waals surface area contributed by atoms with Crippen LogP contribution in [-0.4, -0.2) is 37.7 Å². The number of benzene rings is 1. The van der Waals surface area contributed by atoms with Gasteiger partial charge in [0.15, 0.2) is 0 Å². The van der Waals surface area contributed by atoms with Gasteiger partial charge < -0.3 is 10.1 Å². The molecule has 19 heavy (non-hydrogen) atoms. The van der Waals surface area contributed by atoms with E-state index in [4.69, 9.17) is 10.00 Å². The maximum Gasteiger partial charge on any atom is 0.124 e. The Bertz CT molecular complexity index is 435. The van der Waals surface area contributed by atoms with Crippen LogP contribution in [0.3, 0.4) is 0 Å². The van der Waals surface area contributed by atoms with Crippen molar-refractivity contribution in [2.75, 3.05) is 32.8 Å². The average Bonchev–Trinajstić information content (AvgIpc) is 2.47. The molecule has 1 aromatic rings. The highest BCUT2D eigenvalue weighted by Crippen LogP contribution is 2.31. The number of nitrogens with one attached hydrogen (secondary N) is 1. The van der Waals surface area contributed by atoms with Gasteiger partial charge in [-0.05, 0) is 13.0 Å². The van der Waals surface area contributed by atoms with Crippen molar-refractivity contribution in [3.8, 4) is 11.8 Å². The summed E-state index contributed by atoms with van der Waals surface area (Å²) in [7, 11) is 0. The third kappa shape index (κ3) is 3.46. The van der Waals surface area contributed by atoms with E-state index in [1.165, 1.54) is 0 Å². The highest BCUT2D eigenvalue weighted by atomic mass is 16.5. The summed E-state index contributed by atoms with van der Waals surface area (Å²) in [5.41, 5.74) is 1.13. The summed E-state index contributed by atoms with van der Waals surface area (Å²) >= 11 is 0. The van der Waals surface area contributed by atoms with Crippen molar-refractivity contribution in [3.63, 3.8) is 0 Å². The molecule has 0 unspecified atom stereocenters. The summed E-state index contributed by atoms with van der Waals surface area (Å²) in [5.74, 6) is 0.906. The second kappa shape index (κ2) is 7.13. The van der Waals surface area contributed by atoms with Crippen molar-refractivity contribution in [1.82, 2.24) is 10.2 Å². The zero-order valence-corrected chi connectivity index (χ0v) is 11.4. The summed E-state index contributed by atoms with van der Waals surface area (Å²) in [6.45, 7) is 6.57. The second-order valence-electron chi connectivity index (χ2n) is 4.63. The minimum absolute atomic E-state index is 0.134. The first-order valence-corrected chi connectivity index (χ1v) is 6.90. The number of hydrogen-bond donors (Lipinski definition) is 1. The maximum absolute atomic E-state index is 9.12. The molecule has 0 saturated carbocycles. The third-order valence-corrected chi connectivity index (χ3v) is 3.45.